The van der Waals surface area contributed by atoms with Gasteiger partial charge in [0, 0.05) is 17.7 Å². The van der Waals surface area contributed by atoms with E-state index in [0.717, 1.165) is 24.1 Å². The van der Waals surface area contributed by atoms with Crippen LogP contribution in [0.4, 0.5) is 10.3 Å². The highest BCUT2D eigenvalue weighted by Crippen LogP contribution is 2.40. The van der Waals surface area contributed by atoms with Crippen LogP contribution in [-0.4, -0.2) is 20.5 Å². The summed E-state index contributed by atoms with van der Waals surface area (Å²) in [7, 11) is 0. The van der Waals surface area contributed by atoms with Gasteiger partial charge in [-0.05, 0) is 46.5 Å². The first-order valence-corrected chi connectivity index (χ1v) is 7.82. The molecule has 1 aliphatic carbocycles. The number of rotatable bonds is 1. The van der Waals surface area contributed by atoms with E-state index < -0.39 is 0 Å². The summed E-state index contributed by atoms with van der Waals surface area (Å²) >= 11 is 3.21. The maximum atomic E-state index is 13.5. The molecule has 1 aromatic carbocycles. The number of hydrogen-bond acceptors (Lipinski definition) is 4. The fourth-order valence-electron chi connectivity index (χ4n) is 3.09. The van der Waals surface area contributed by atoms with E-state index in [9.17, 15) is 9.18 Å². The molecule has 0 saturated carbocycles. The number of Topliss-reactive ketones (excluding diaryl/α,β-unsaturated/α-hetero) is 1. The summed E-state index contributed by atoms with van der Waals surface area (Å²) in [6, 6.07) is 4.42. The second-order valence-electron chi connectivity index (χ2n) is 5.40. The lowest BCUT2D eigenvalue weighted by Crippen LogP contribution is -2.31. The van der Waals surface area contributed by atoms with Crippen LogP contribution in [-0.2, 0) is 4.79 Å². The second-order valence-corrected chi connectivity index (χ2v) is 6.25. The first kappa shape index (κ1) is 13.6. The van der Waals surface area contributed by atoms with Crippen molar-refractivity contribution in [3.63, 3.8) is 0 Å². The number of hydrogen-bond donors (Lipinski definition) is 1. The summed E-state index contributed by atoms with van der Waals surface area (Å²) in [4.78, 5) is 16.6. The van der Waals surface area contributed by atoms with Crippen LogP contribution in [0, 0.1) is 5.82 Å². The van der Waals surface area contributed by atoms with E-state index in [1.165, 1.54) is 12.4 Å². The Morgan fingerprint density at radius 2 is 2.23 bits per heavy atom. The lowest BCUT2D eigenvalue weighted by Gasteiger charge is -2.32. The van der Waals surface area contributed by atoms with Gasteiger partial charge in [0.05, 0.1) is 4.47 Å². The molecule has 2 aliphatic rings. The molecule has 7 heteroatoms. The van der Waals surface area contributed by atoms with E-state index in [0.29, 0.717) is 22.4 Å². The third kappa shape index (κ3) is 1.99. The quantitative estimate of drug-likeness (QED) is 0.846. The van der Waals surface area contributed by atoms with Gasteiger partial charge < -0.3 is 5.32 Å². The summed E-state index contributed by atoms with van der Waals surface area (Å²) in [5, 5.41) is 7.44. The smallest absolute Gasteiger partial charge is 0.226 e. The zero-order valence-electron chi connectivity index (χ0n) is 11.5. The zero-order valence-corrected chi connectivity index (χ0v) is 13.1. The highest BCUT2D eigenvalue weighted by molar-refractivity contribution is 9.10. The lowest BCUT2D eigenvalue weighted by atomic mass is 9.85. The fourth-order valence-corrected chi connectivity index (χ4v) is 3.48. The number of carbonyl (C=O) groups is 1. The van der Waals surface area contributed by atoms with E-state index in [2.05, 4.69) is 31.3 Å². The number of aromatic nitrogens is 3. The van der Waals surface area contributed by atoms with Gasteiger partial charge in [0.15, 0.2) is 5.78 Å². The van der Waals surface area contributed by atoms with Crippen molar-refractivity contribution in [3.05, 3.63) is 51.6 Å². The average molecular weight is 363 g/mol. The number of nitrogens with zero attached hydrogens (tertiary/aromatic N) is 3. The Labute approximate surface area is 134 Å². The van der Waals surface area contributed by atoms with Crippen molar-refractivity contribution < 1.29 is 9.18 Å². The van der Waals surface area contributed by atoms with Crippen LogP contribution in [0.25, 0.3) is 0 Å². The van der Waals surface area contributed by atoms with E-state index in [4.69, 9.17) is 0 Å². The third-order valence-corrected chi connectivity index (χ3v) is 4.68. The number of ketones is 1. The Balaban J connectivity index is 1.92. The maximum absolute atomic E-state index is 13.5. The summed E-state index contributed by atoms with van der Waals surface area (Å²) < 4.78 is 15.6. The van der Waals surface area contributed by atoms with E-state index in [1.54, 1.807) is 16.8 Å². The topological polar surface area (TPSA) is 59.8 Å². The molecule has 5 nitrogen and oxygen atoms in total. The molecule has 1 aromatic heterocycles. The van der Waals surface area contributed by atoms with Crippen LogP contribution in [0.2, 0.25) is 0 Å². The number of halogens is 2. The van der Waals surface area contributed by atoms with E-state index in [-0.39, 0.29) is 17.6 Å². The summed E-state index contributed by atoms with van der Waals surface area (Å²) in [5.41, 5.74) is 2.43. The van der Waals surface area contributed by atoms with Crippen LogP contribution >= 0.6 is 15.9 Å². The van der Waals surface area contributed by atoms with Crippen LogP contribution in [0.3, 0.4) is 0 Å². The summed E-state index contributed by atoms with van der Waals surface area (Å²) in [6.07, 6.45) is 3.63. The fraction of sp³-hybridized carbons (Fsp3) is 0.267. The Bertz CT molecular complexity index is 814. The van der Waals surface area contributed by atoms with Gasteiger partial charge in [-0.1, -0.05) is 6.07 Å². The molecule has 2 heterocycles. The molecular formula is C15H12BrFN4O. The second kappa shape index (κ2) is 5.01. The highest BCUT2D eigenvalue weighted by Gasteiger charge is 2.36. The predicted octanol–water partition coefficient (Wildman–Crippen LogP) is 3.20. The molecule has 0 spiro atoms. The molecule has 0 unspecified atom stereocenters. The molecule has 4 rings (SSSR count). The molecule has 112 valence electrons. The molecule has 0 bridgehead atoms. The minimum atomic E-state index is -0.363. The minimum absolute atomic E-state index is 0.111. The zero-order chi connectivity index (χ0) is 15.3. The molecule has 0 amide bonds. The molecular weight excluding hydrogens is 351 g/mol. The molecule has 0 fully saturated rings. The number of nitrogens with one attached hydrogen (secondary N) is 1. The molecule has 1 aliphatic heterocycles. The Kier molecular flexibility index (Phi) is 3.11. The van der Waals surface area contributed by atoms with Gasteiger partial charge in [0.25, 0.3) is 0 Å². The monoisotopic (exact) mass is 362 g/mol. The van der Waals surface area contributed by atoms with Crippen molar-refractivity contribution in [1.29, 1.82) is 0 Å². The van der Waals surface area contributed by atoms with Crippen LogP contribution in [0.1, 0.15) is 30.9 Å². The predicted molar refractivity (Wildman–Crippen MR) is 81.8 cm³/mol. The summed E-state index contributed by atoms with van der Waals surface area (Å²) in [6.45, 7) is 0. The standard InChI is InChI=1S/C15H12BrFN4O/c16-9-6-8(4-5-10(9)17)14-13-11(2-1-3-12(13)22)20-15-18-7-19-21(14)15/h4-7,14H,1-3H2,(H,18,19,20)/t14-/m0/s1. The van der Waals surface area contributed by atoms with Gasteiger partial charge in [0.2, 0.25) is 5.95 Å². The Morgan fingerprint density at radius 3 is 3.05 bits per heavy atom. The van der Waals surface area contributed by atoms with Gasteiger partial charge in [-0.2, -0.15) is 10.1 Å². The number of benzene rings is 1. The van der Waals surface area contributed by atoms with Crippen molar-refractivity contribution in [2.75, 3.05) is 5.32 Å². The Hall–Kier alpha value is -2.02. The van der Waals surface area contributed by atoms with Crippen molar-refractivity contribution in [2.24, 2.45) is 0 Å². The number of carbonyl (C=O) groups excluding carboxylic acids is 1. The molecule has 22 heavy (non-hydrogen) atoms. The van der Waals surface area contributed by atoms with Crippen LogP contribution in [0.5, 0.6) is 0 Å². The van der Waals surface area contributed by atoms with Gasteiger partial charge >= 0.3 is 0 Å². The van der Waals surface area contributed by atoms with Gasteiger partial charge in [-0.3, -0.25) is 4.79 Å². The number of anilines is 1. The van der Waals surface area contributed by atoms with E-state index >= 15 is 0 Å². The largest absolute Gasteiger partial charge is 0.328 e. The Morgan fingerprint density at radius 1 is 1.36 bits per heavy atom. The van der Waals surface area contributed by atoms with Gasteiger partial charge in [-0.15, -0.1) is 0 Å². The van der Waals surface area contributed by atoms with Crippen molar-refractivity contribution >= 4 is 27.7 Å². The minimum Gasteiger partial charge on any atom is -0.328 e. The highest BCUT2D eigenvalue weighted by atomic mass is 79.9. The van der Waals surface area contributed by atoms with Crippen LogP contribution in [0.15, 0.2) is 40.3 Å². The number of fused-ring (bicyclic) bond motifs is 1. The number of allylic oxidation sites excluding steroid dienone is 2. The SMILES string of the molecule is O=C1CCCC2=C1[C@H](c1ccc(F)c(Br)c1)n1ncnc1N2. The first-order chi connectivity index (χ1) is 10.6. The molecule has 0 radical (unpaired) electrons. The molecule has 2 aromatic rings. The average Bonchev–Trinajstić information content (AvgIpc) is 2.96. The van der Waals surface area contributed by atoms with Crippen molar-refractivity contribution in [3.8, 4) is 0 Å². The van der Waals surface area contributed by atoms with Gasteiger partial charge in [0.1, 0.15) is 18.2 Å². The van der Waals surface area contributed by atoms with E-state index in [1.807, 2.05) is 0 Å². The molecule has 1 N–H and O–H groups in total. The molecule has 1 atom stereocenters. The molecule has 0 saturated heterocycles. The van der Waals surface area contributed by atoms with Crippen molar-refractivity contribution in [1.82, 2.24) is 14.8 Å². The normalized spacial score (nSPS) is 20.5. The third-order valence-electron chi connectivity index (χ3n) is 4.07. The maximum Gasteiger partial charge on any atom is 0.226 e. The summed E-state index contributed by atoms with van der Waals surface area (Å²) in [5.74, 6) is 0.389. The first-order valence-electron chi connectivity index (χ1n) is 7.03. The van der Waals surface area contributed by atoms with Crippen LogP contribution < -0.4 is 5.32 Å². The van der Waals surface area contributed by atoms with Gasteiger partial charge in [-0.25, -0.2) is 9.07 Å². The lowest BCUT2D eigenvalue weighted by molar-refractivity contribution is -0.116. The van der Waals surface area contributed by atoms with Crippen molar-refractivity contribution in [2.45, 2.75) is 25.3 Å².